The average Bonchev–Trinajstić information content (AvgIpc) is 2.45. The summed E-state index contributed by atoms with van der Waals surface area (Å²) in [5.74, 6) is 0.333. The minimum Gasteiger partial charge on any atom is -0.337 e. The maximum Gasteiger partial charge on any atom is 0.226 e. The SMILES string of the molecule is Cc1cc(CN)nc(N(C)C(C)c2ccccc2F)n1. The van der Waals surface area contributed by atoms with Crippen molar-refractivity contribution in [1.29, 1.82) is 0 Å². The molecule has 1 heterocycles. The molecule has 0 aliphatic rings. The highest BCUT2D eigenvalue weighted by Gasteiger charge is 2.18. The second-order valence-electron chi connectivity index (χ2n) is 4.81. The third-order valence-electron chi connectivity index (χ3n) is 3.36. The van der Waals surface area contributed by atoms with Crippen molar-refractivity contribution in [1.82, 2.24) is 9.97 Å². The lowest BCUT2D eigenvalue weighted by molar-refractivity contribution is 0.582. The van der Waals surface area contributed by atoms with Crippen molar-refractivity contribution in [2.24, 2.45) is 5.73 Å². The van der Waals surface area contributed by atoms with E-state index in [2.05, 4.69) is 9.97 Å². The number of benzene rings is 1. The molecule has 0 fully saturated rings. The quantitative estimate of drug-likeness (QED) is 0.931. The first kappa shape index (κ1) is 14.4. The van der Waals surface area contributed by atoms with Crippen LogP contribution in [0.1, 0.15) is 29.9 Å². The second kappa shape index (κ2) is 5.96. The summed E-state index contributed by atoms with van der Waals surface area (Å²) in [6.07, 6.45) is 0. The zero-order valence-corrected chi connectivity index (χ0v) is 12.0. The van der Waals surface area contributed by atoms with Crippen LogP contribution in [-0.2, 0) is 6.54 Å². The Hall–Kier alpha value is -2.01. The van der Waals surface area contributed by atoms with Crippen LogP contribution in [0.2, 0.25) is 0 Å². The Bertz CT molecular complexity index is 600. The lowest BCUT2D eigenvalue weighted by atomic mass is 10.1. The van der Waals surface area contributed by atoms with E-state index >= 15 is 0 Å². The van der Waals surface area contributed by atoms with Gasteiger partial charge in [0.1, 0.15) is 5.82 Å². The molecule has 0 radical (unpaired) electrons. The van der Waals surface area contributed by atoms with Crippen molar-refractivity contribution < 1.29 is 4.39 Å². The molecule has 0 saturated carbocycles. The number of nitrogens with two attached hydrogens (primary N) is 1. The number of halogens is 1. The third-order valence-corrected chi connectivity index (χ3v) is 3.36. The van der Waals surface area contributed by atoms with Crippen LogP contribution in [0, 0.1) is 12.7 Å². The van der Waals surface area contributed by atoms with Gasteiger partial charge in [0.05, 0.1) is 11.7 Å². The Morgan fingerprint density at radius 3 is 2.65 bits per heavy atom. The van der Waals surface area contributed by atoms with Crippen LogP contribution in [-0.4, -0.2) is 17.0 Å². The van der Waals surface area contributed by atoms with Gasteiger partial charge in [-0.1, -0.05) is 18.2 Å². The molecule has 1 unspecified atom stereocenters. The van der Waals surface area contributed by atoms with Gasteiger partial charge in [0.25, 0.3) is 0 Å². The Morgan fingerprint density at radius 1 is 1.30 bits per heavy atom. The summed E-state index contributed by atoms with van der Waals surface area (Å²) in [5.41, 5.74) is 7.88. The predicted octanol–water partition coefficient (Wildman–Crippen LogP) is 2.58. The van der Waals surface area contributed by atoms with E-state index in [0.29, 0.717) is 18.1 Å². The third kappa shape index (κ3) is 2.93. The molecule has 0 bridgehead atoms. The van der Waals surface area contributed by atoms with E-state index in [4.69, 9.17) is 5.73 Å². The fourth-order valence-electron chi connectivity index (χ4n) is 2.07. The highest BCUT2D eigenvalue weighted by Crippen LogP contribution is 2.24. The summed E-state index contributed by atoms with van der Waals surface area (Å²) < 4.78 is 13.9. The monoisotopic (exact) mass is 274 g/mol. The molecule has 5 heteroatoms. The highest BCUT2D eigenvalue weighted by molar-refractivity contribution is 5.37. The summed E-state index contributed by atoms with van der Waals surface area (Å²) in [6.45, 7) is 4.18. The number of hydrogen-bond acceptors (Lipinski definition) is 4. The molecule has 1 aromatic carbocycles. The van der Waals surface area contributed by atoms with Crippen LogP contribution >= 0.6 is 0 Å². The minimum absolute atomic E-state index is 0.163. The number of aromatic nitrogens is 2. The topological polar surface area (TPSA) is 55.0 Å². The molecule has 0 aliphatic heterocycles. The van der Waals surface area contributed by atoms with Crippen LogP contribution in [0.3, 0.4) is 0 Å². The number of anilines is 1. The Labute approximate surface area is 118 Å². The molecule has 4 nitrogen and oxygen atoms in total. The number of rotatable bonds is 4. The van der Waals surface area contributed by atoms with Crippen molar-refractivity contribution >= 4 is 5.95 Å². The standard InChI is InChI=1S/C15H19FN4/c1-10-8-12(9-17)19-15(18-10)20(3)11(2)13-6-4-5-7-14(13)16/h4-8,11H,9,17H2,1-3H3. The van der Waals surface area contributed by atoms with E-state index in [0.717, 1.165) is 11.4 Å². The zero-order chi connectivity index (χ0) is 14.7. The fourth-order valence-corrected chi connectivity index (χ4v) is 2.07. The first-order valence-corrected chi connectivity index (χ1v) is 6.54. The van der Waals surface area contributed by atoms with Crippen LogP contribution in [0.5, 0.6) is 0 Å². The highest BCUT2D eigenvalue weighted by atomic mass is 19.1. The smallest absolute Gasteiger partial charge is 0.226 e. The van der Waals surface area contributed by atoms with Gasteiger partial charge in [-0.15, -0.1) is 0 Å². The molecule has 1 aromatic heterocycles. The van der Waals surface area contributed by atoms with Crippen molar-refractivity contribution in [3.63, 3.8) is 0 Å². The molecule has 0 saturated heterocycles. The first-order valence-electron chi connectivity index (χ1n) is 6.54. The molecular formula is C15H19FN4. The van der Waals surface area contributed by atoms with E-state index in [9.17, 15) is 4.39 Å². The zero-order valence-electron chi connectivity index (χ0n) is 12.0. The van der Waals surface area contributed by atoms with Crippen molar-refractivity contribution in [3.05, 3.63) is 53.1 Å². The molecule has 106 valence electrons. The minimum atomic E-state index is -0.224. The van der Waals surface area contributed by atoms with Gasteiger partial charge in [-0.05, 0) is 26.0 Å². The summed E-state index contributed by atoms with van der Waals surface area (Å²) in [4.78, 5) is 10.6. The fraction of sp³-hybridized carbons (Fsp3) is 0.333. The summed E-state index contributed by atoms with van der Waals surface area (Å²) >= 11 is 0. The largest absolute Gasteiger partial charge is 0.337 e. The van der Waals surface area contributed by atoms with Crippen molar-refractivity contribution in [2.75, 3.05) is 11.9 Å². The van der Waals surface area contributed by atoms with Crippen LogP contribution in [0.15, 0.2) is 30.3 Å². The van der Waals surface area contributed by atoms with Gasteiger partial charge in [-0.3, -0.25) is 0 Å². The van der Waals surface area contributed by atoms with Crippen molar-refractivity contribution in [3.8, 4) is 0 Å². The van der Waals surface area contributed by atoms with Crippen LogP contribution in [0.4, 0.5) is 10.3 Å². The average molecular weight is 274 g/mol. The van der Waals surface area contributed by atoms with Gasteiger partial charge in [-0.2, -0.15) is 0 Å². The lowest BCUT2D eigenvalue weighted by Gasteiger charge is -2.26. The predicted molar refractivity (Wildman–Crippen MR) is 77.9 cm³/mol. The Balaban J connectivity index is 2.33. The first-order chi connectivity index (χ1) is 9.52. The van der Waals surface area contributed by atoms with E-state index in [-0.39, 0.29) is 11.9 Å². The Morgan fingerprint density at radius 2 is 2.00 bits per heavy atom. The van der Waals surface area contributed by atoms with Gasteiger partial charge >= 0.3 is 0 Å². The van der Waals surface area contributed by atoms with Gasteiger partial charge in [0, 0.05) is 24.8 Å². The summed E-state index contributed by atoms with van der Waals surface area (Å²) in [7, 11) is 1.85. The molecule has 2 N–H and O–H groups in total. The molecule has 0 spiro atoms. The molecule has 20 heavy (non-hydrogen) atoms. The van der Waals surface area contributed by atoms with E-state index in [1.54, 1.807) is 12.1 Å². The summed E-state index contributed by atoms with van der Waals surface area (Å²) in [6, 6.07) is 8.43. The van der Waals surface area contributed by atoms with E-state index in [1.807, 2.05) is 37.9 Å². The molecular weight excluding hydrogens is 255 g/mol. The Kier molecular flexibility index (Phi) is 4.29. The molecule has 1 atom stereocenters. The van der Waals surface area contributed by atoms with E-state index < -0.39 is 0 Å². The van der Waals surface area contributed by atoms with Crippen LogP contribution < -0.4 is 10.6 Å². The lowest BCUT2D eigenvalue weighted by Crippen LogP contribution is -2.25. The number of aryl methyl sites for hydroxylation is 1. The number of hydrogen-bond donors (Lipinski definition) is 1. The van der Waals surface area contributed by atoms with Crippen LogP contribution in [0.25, 0.3) is 0 Å². The molecule has 2 rings (SSSR count). The maximum absolute atomic E-state index is 13.9. The van der Waals surface area contributed by atoms with Crippen molar-refractivity contribution in [2.45, 2.75) is 26.4 Å². The molecule has 0 aliphatic carbocycles. The maximum atomic E-state index is 13.9. The van der Waals surface area contributed by atoms with E-state index in [1.165, 1.54) is 6.07 Å². The normalized spacial score (nSPS) is 12.2. The van der Waals surface area contributed by atoms with Gasteiger partial charge in [-0.25, -0.2) is 14.4 Å². The van der Waals surface area contributed by atoms with Gasteiger partial charge < -0.3 is 10.6 Å². The molecule has 0 amide bonds. The van der Waals surface area contributed by atoms with Gasteiger partial charge in [0.2, 0.25) is 5.95 Å². The second-order valence-corrected chi connectivity index (χ2v) is 4.81. The molecule has 2 aromatic rings. The summed E-state index contributed by atoms with van der Waals surface area (Å²) in [5, 5.41) is 0. The van der Waals surface area contributed by atoms with Gasteiger partial charge in [0.15, 0.2) is 0 Å². The number of nitrogens with zero attached hydrogens (tertiary/aromatic N) is 3.